The highest BCUT2D eigenvalue weighted by molar-refractivity contribution is 6.18. The van der Waals surface area contributed by atoms with Gasteiger partial charge < -0.3 is 9.47 Å². The Bertz CT molecular complexity index is 2580. The molecule has 1 atom stereocenters. The SMILES string of the molecule is C=C1C=CC2=C(C(=C)/C=C\C(C(C)CCc3c(C)c4ccccc4n3-c3ccc(-c4ccccc4)cc3)=C/N2C(/C=C\C(=C)c2ccccc2)=C/C)C1=N/C=C\C. The normalized spacial score (nSPS) is 17.6. The molecule has 5 aromatic rings. The quantitative estimate of drug-likeness (QED) is 0.123. The van der Waals surface area contributed by atoms with E-state index < -0.39 is 0 Å². The van der Waals surface area contributed by atoms with Crippen molar-refractivity contribution in [2.45, 2.75) is 40.5 Å². The molecule has 1 aromatic heterocycles. The first-order valence-corrected chi connectivity index (χ1v) is 19.8. The molecule has 282 valence electrons. The zero-order chi connectivity index (χ0) is 39.9. The third-order valence-electron chi connectivity index (χ3n) is 11.0. The van der Waals surface area contributed by atoms with Crippen molar-refractivity contribution in [3.05, 3.63) is 240 Å². The maximum absolute atomic E-state index is 4.85. The molecule has 0 saturated carbocycles. The summed E-state index contributed by atoms with van der Waals surface area (Å²) in [6.45, 7) is 22.0. The molecule has 1 aliphatic carbocycles. The molecular formula is C54H51N3. The van der Waals surface area contributed by atoms with Crippen LogP contribution in [0.1, 0.15) is 44.0 Å². The molecule has 2 heterocycles. The molecule has 3 nitrogen and oxygen atoms in total. The molecule has 0 spiro atoms. The highest BCUT2D eigenvalue weighted by Gasteiger charge is 2.26. The summed E-state index contributed by atoms with van der Waals surface area (Å²) in [6, 6.07) is 38.6. The van der Waals surface area contributed by atoms with E-state index in [-0.39, 0.29) is 5.92 Å². The lowest BCUT2D eigenvalue weighted by molar-refractivity contribution is 0.562. The number of aliphatic imine (C=N–C) groups is 1. The molecule has 0 saturated heterocycles. The number of rotatable bonds is 11. The van der Waals surface area contributed by atoms with Crippen molar-refractivity contribution in [2.75, 3.05) is 0 Å². The van der Waals surface area contributed by atoms with Crippen molar-refractivity contribution >= 4 is 22.2 Å². The minimum atomic E-state index is 0.227. The number of fused-ring (bicyclic) bond motifs is 1. The lowest BCUT2D eigenvalue weighted by Gasteiger charge is -2.32. The van der Waals surface area contributed by atoms with Crippen LogP contribution in [0.25, 0.3) is 33.3 Å². The minimum absolute atomic E-state index is 0.227. The summed E-state index contributed by atoms with van der Waals surface area (Å²) in [4.78, 5) is 7.14. The van der Waals surface area contributed by atoms with Gasteiger partial charge in [0.25, 0.3) is 0 Å². The minimum Gasteiger partial charge on any atom is -0.317 e. The van der Waals surface area contributed by atoms with Gasteiger partial charge in [-0.2, -0.15) is 0 Å². The van der Waals surface area contributed by atoms with Crippen LogP contribution in [-0.2, 0) is 6.42 Å². The van der Waals surface area contributed by atoms with E-state index in [9.17, 15) is 0 Å². The van der Waals surface area contributed by atoms with Gasteiger partial charge in [-0.25, -0.2) is 0 Å². The second kappa shape index (κ2) is 17.4. The van der Waals surface area contributed by atoms with E-state index in [2.05, 4.69) is 190 Å². The van der Waals surface area contributed by atoms with Crippen LogP contribution in [0, 0.1) is 12.8 Å². The summed E-state index contributed by atoms with van der Waals surface area (Å²) in [6.07, 6.45) is 22.9. The molecule has 2 aliphatic rings. The predicted molar refractivity (Wildman–Crippen MR) is 245 cm³/mol. The Morgan fingerprint density at radius 2 is 1.42 bits per heavy atom. The molecule has 0 N–H and O–H groups in total. The van der Waals surface area contributed by atoms with E-state index in [0.717, 1.165) is 57.8 Å². The fourth-order valence-electron chi connectivity index (χ4n) is 7.74. The predicted octanol–water partition coefficient (Wildman–Crippen LogP) is 14.0. The average molecular weight is 742 g/mol. The van der Waals surface area contributed by atoms with Crippen LogP contribution in [0.5, 0.6) is 0 Å². The monoisotopic (exact) mass is 741 g/mol. The lowest BCUT2D eigenvalue weighted by atomic mass is 9.87. The topological polar surface area (TPSA) is 20.5 Å². The first-order valence-electron chi connectivity index (χ1n) is 19.8. The summed E-state index contributed by atoms with van der Waals surface area (Å²) in [7, 11) is 0. The second-order valence-corrected chi connectivity index (χ2v) is 14.7. The van der Waals surface area contributed by atoms with E-state index in [4.69, 9.17) is 4.99 Å². The summed E-state index contributed by atoms with van der Waals surface area (Å²) < 4.78 is 2.47. The zero-order valence-electron chi connectivity index (χ0n) is 33.6. The molecule has 4 aromatic carbocycles. The number of nitrogens with zero attached hydrogens (tertiary/aromatic N) is 3. The van der Waals surface area contributed by atoms with Crippen molar-refractivity contribution < 1.29 is 0 Å². The largest absolute Gasteiger partial charge is 0.317 e. The fraction of sp³-hybridized carbons (Fsp3) is 0.130. The van der Waals surface area contributed by atoms with Crippen molar-refractivity contribution in [1.82, 2.24) is 9.47 Å². The van der Waals surface area contributed by atoms with Gasteiger partial charge in [0.15, 0.2) is 0 Å². The Morgan fingerprint density at radius 3 is 2.14 bits per heavy atom. The van der Waals surface area contributed by atoms with Crippen molar-refractivity contribution in [3.63, 3.8) is 0 Å². The van der Waals surface area contributed by atoms with E-state index in [1.54, 1.807) is 0 Å². The van der Waals surface area contributed by atoms with Gasteiger partial charge in [0.2, 0.25) is 0 Å². The van der Waals surface area contributed by atoms with Crippen LogP contribution in [-0.4, -0.2) is 15.2 Å². The van der Waals surface area contributed by atoms with Crippen LogP contribution in [0.3, 0.4) is 0 Å². The number of aryl methyl sites for hydroxylation is 1. The van der Waals surface area contributed by atoms with Gasteiger partial charge in [0.1, 0.15) is 0 Å². The van der Waals surface area contributed by atoms with E-state index >= 15 is 0 Å². The van der Waals surface area contributed by atoms with Crippen LogP contribution in [0.2, 0.25) is 0 Å². The maximum Gasteiger partial charge on any atom is 0.0795 e. The van der Waals surface area contributed by atoms with Crippen molar-refractivity contribution in [2.24, 2.45) is 10.9 Å². The number of hydrogen-bond acceptors (Lipinski definition) is 2. The first kappa shape index (κ1) is 38.6. The number of aromatic nitrogens is 1. The standard InChI is InChI=1S/C54H51N3/c1-8-36-55-54-41(6)27-35-52-53(54)40(5)24-28-46(37-56(52)47(9-2)31-25-38(3)43-18-12-10-13-19-43)39(4)26-34-50-42(7)49-22-16-17-23-51(49)57(50)48-32-29-45(30-33-48)44-20-14-11-15-21-44/h8-25,27-33,35-37,39H,3,5-6,26,34H2,1-2,4,7H3/b28-24-,31-25-,36-8-,46-37+,47-9+,55-54?. The Balaban J connectivity index is 1.26. The van der Waals surface area contributed by atoms with Gasteiger partial charge >= 0.3 is 0 Å². The van der Waals surface area contributed by atoms with E-state index in [1.165, 1.54) is 44.5 Å². The Kier molecular flexibility index (Phi) is 11.8. The first-order chi connectivity index (χ1) is 27.8. The van der Waals surface area contributed by atoms with Crippen molar-refractivity contribution in [3.8, 4) is 16.8 Å². The van der Waals surface area contributed by atoms with Gasteiger partial charge in [-0.05, 0) is 114 Å². The second-order valence-electron chi connectivity index (χ2n) is 14.7. The number of para-hydroxylation sites is 1. The van der Waals surface area contributed by atoms with E-state index in [0.29, 0.717) is 0 Å². The number of allylic oxidation sites excluding steroid dienone is 13. The molecule has 57 heavy (non-hydrogen) atoms. The van der Waals surface area contributed by atoms with Crippen LogP contribution >= 0.6 is 0 Å². The molecule has 1 unspecified atom stereocenters. The number of hydrogen-bond donors (Lipinski definition) is 0. The Morgan fingerprint density at radius 1 is 0.754 bits per heavy atom. The van der Waals surface area contributed by atoms with Crippen molar-refractivity contribution in [1.29, 1.82) is 0 Å². The molecule has 0 fully saturated rings. The highest BCUT2D eigenvalue weighted by Crippen LogP contribution is 2.37. The molecule has 3 heteroatoms. The van der Waals surface area contributed by atoms with Gasteiger partial charge in [0.05, 0.1) is 16.9 Å². The highest BCUT2D eigenvalue weighted by atomic mass is 15.1. The Hall–Kier alpha value is -6.71. The molecular weight excluding hydrogens is 691 g/mol. The summed E-state index contributed by atoms with van der Waals surface area (Å²) in [5.41, 5.74) is 16.3. The molecule has 0 bridgehead atoms. The molecule has 1 aliphatic heterocycles. The average Bonchev–Trinajstić information content (AvgIpc) is 3.53. The van der Waals surface area contributed by atoms with Crippen LogP contribution < -0.4 is 0 Å². The smallest absolute Gasteiger partial charge is 0.0795 e. The number of benzene rings is 4. The fourth-order valence-corrected chi connectivity index (χ4v) is 7.74. The lowest BCUT2D eigenvalue weighted by Crippen LogP contribution is -2.24. The van der Waals surface area contributed by atoms with Gasteiger partial charge in [-0.1, -0.05) is 154 Å². The summed E-state index contributed by atoms with van der Waals surface area (Å²) in [5, 5.41) is 1.29. The van der Waals surface area contributed by atoms with Gasteiger partial charge in [0, 0.05) is 40.4 Å². The zero-order valence-corrected chi connectivity index (χ0v) is 33.6. The summed E-state index contributed by atoms with van der Waals surface area (Å²) >= 11 is 0. The van der Waals surface area contributed by atoms with Crippen LogP contribution in [0.15, 0.2) is 229 Å². The third-order valence-corrected chi connectivity index (χ3v) is 11.0. The summed E-state index contributed by atoms with van der Waals surface area (Å²) in [5.74, 6) is 0.227. The molecule has 7 rings (SSSR count). The van der Waals surface area contributed by atoms with Gasteiger partial charge in [-0.3, -0.25) is 4.99 Å². The van der Waals surface area contributed by atoms with Crippen LogP contribution in [0.4, 0.5) is 0 Å². The molecule has 0 radical (unpaired) electrons. The van der Waals surface area contributed by atoms with Gasteiger partial charge in [-0.15, -0.1) is 0 Å². The third kappa shape index (κ3) is 8.15. The Labute approximate surface area is 339 Å². The van der Waals surface area contributed by atoms with E-state index in [1.807, 2.05) is 37.4 Å². The molecule has 0 amide bonds. The maximum atomic E-state index is 4.85.